The van der Waals surface area contributed by atoms with Crippen LogP contribution in [0.15, 0.2) is 46.5 Å². The van der Waals surface area contributed by atoms with Crippen LogP contribution in [0.1, 0.15) is 13.8 Å². The molecular formula is C21H18ClFN4O2S2. The van der Waals surface area contributed by atoms with Gasteiger partial charge in [-0.1, -0.05) is 37.2 Å². The fourth-order valence-electron chi connectivity index (χ4n) is 3.08. The number of rotatable bonds is 6. The molecule has 1 N–H and O–H groups in total. The second kappa shape index (κ2) is 8.94. The van der Waals surface area contributed by atoms with Crippen molar-refractivity contribution in [2.45, 2.75) is 25.5 Å². The van der Waals surface area contributed by atoms with Gasteiger partial charge >= 0.3 is 0 Å². The van der Waals surface area contributed by atoms with Gasteiger partial charge < -0.3 is 5.32 Å². The van der Waals surface area contributed by atoms with Crippen LogP contribution in [0.4, 0.5) is 10.1 Å². The summed E-state index contributed by atoms with van der Waals surface area (Å²) >= 11 is 8.21. The largest absolute Gasteiger partial charge is 0.323 e. The maximum Gasteiger partial charge on any atom is 0.272 e. The van der Waals surface area contributed by atoms with Crippen LogP contribution in [-0.2, 0) is 11.3 Å². The topological polar surface area (TPSA) is 76.9 Å². The van der Waals surface area contributed by atoms with Crippen molar-refractivity contribution in [1.29, 1.82) is 0 Å². The van der Waals surface area contributed by atoms with E-state index in [2.05, 4.69) is 10.3 Å². The SMILES string of the molecule is CC(C)Cn1c(SCC(=O)Nc2ccc(Cl)cc2F)nc2c(sc3ncccc32)c1=O. The Morgan fingerprint density at radius 3 is 2.90 bits per heavy atom. The second-order valence-corrected chi connectivity index (χ2v) is 9.68. The summed E-state index contributed by atoms with van der Waals surface area (Å²) in [6, 6.07) is 7.72. The minimum Gasteiger partial charge on any atom is -0.323 e. The summed E-state index contributed by atoms with van der Waals surface area (Å²) in [6.45, 7) is 4.49. The number of nitrogens with one attached hydrogen (secondary N) is 1. The first-order valence-electron chi connectivity index (χ1n) is 9.49. The quantitative estimate of drug-likeness (QED) is 0.306. The number of anilines is 1. The zero-order valence-electron chi connectivity index (χ0n) is 16.7. The van der Waals surface area contributed by atoms with E-state index in [0.717, 1.165) is 28.0 Å². The summed E-state index contributed by atoms with van der Waals surface area (Å²) in [7, 11) is 0. The standard InChI is InChI=1S/C21H18ClFN4O2S2/c1-11(2)9-27-20(29)18-17(13-4-3-7-24-19(13)31-18)26-21(27)30-10-16(28)25-15-6-5-12(22)8-14(15)23/h3-8,11H,9-10H2,1-2H3,(H,25,28). The Kier molecular flexibility index (Phi) is 6.27. The zero-order chi connectivity index (χ0) is 22.1. The van der Waals surface area contributed by atoms with Gasteiger partial charge in [0.25, 0.3) is 5.56 Å². The molecule has 3 aromatic heterocycles. The third-order valence-electron chi connectivity index (χ3n) is 4.40. The molecule has 0 radical (unpaired) electrons. The number of aromatic nitrogens is 3. The Morgan fingerprint density at radius 2 is 2.16 bits per heavy atom. The summed E-state index contributed by atoms with van der Waals surface area (Å²) in [4.78, 5) is 35.4. The van der Waals surface area contributed by atoms with E-state index in [1.165, 1.54) is 23.5 Å². The summed E-state index contributed by atoms with van der Waals surface area (Å²) in [5, 5.41) is 4.03. The van der Waals surface area contributed by atoms with Gasteiger partial charge in [-0.15, -0.1) is 11.3 Å². The van der Waals surface area contributed by atoms with E-state index < -0.39 is 11.7 Å². The van der Waals surface area contributed by atoms with Gasteiger partial charge in [0.2, 0.25) is 5.91 Å². The predicted molar refractivity (Wildman–Crippen MR) is 125 cm³/mol. The monoisotopic (exact) mass is 476 g/mol. The molecule has 0 fully saturated rings. The minimum atomic E-state index is -0.612. The highest BCUT2D eigenvalue weighted by Crippen LogP contribution is 2.30. The predicted octanol–water partition coefficient (Wildman–Crippen LogP) is 5.19. The van der Waals surface area contributed by atoms with E-state index in [9.17, 15) is 14.0 Å². The van der Waals surface area contributed by atoms with Crippen LogP contribution >= 0.6 is 34.7 Å². The van der Waals surface area contributed by atoms with Gasteiger partial charge in [0.05, 0.1) is 17.0 Å². The molecule has 4 rings (SSSR count). The number of pyridine rings is 1. The van der Waals surface area contributed by atoms with Crippen LogP contribution in [0.3, 0.4) is 0 Å². The Balaban J connectivity index is 1.65. The molecule has 0 aliphatic carbocycles. The third-order valence-corrected chi connectivity index (χ3v) is 6.71. The number of carbonyl (C=O) groups is 1. The molecule has 31 heavy (non-hydrogen) atoms. The van der Waals surface area contributed by atoms with Gasteiger partial charge in [0.1, 0.15) is 15.3 Å². The Bertz CT molecular complexity index is 1350. The molecule has 0 saturated carbocycles. The van der Waals surface area contributed by atoms with Gasteiger partial charge in [0, 0.05) is 23.2 Å². The van der Waals surface area contributed by atoms with Crippen LogP contribution < -0.4 is 10.9 Å². The first kappa shape index (κ1) is 21.7. The van der Waals surface area contributed by atoms with Gasteiger partial charge in [-0.05, 0) is 36.2 Å². The van der Waals surface area contributed by atoms with Crippen LogP contribution in [-0.4, -0.2) is 26.2 Å². The summed E-state index contributed by atoms with van der Waals surface area (Å²) < 4.78 is 16.1. The number of thiophene rings is 1. The number of hydrogen-bond donors (Lipinski definition) is 1. The van der Waals surface area contributed by atoms with Gasteiger partial charge in [0.15, 0.2) is 5.16 Å². The molecule has 10 heteroatoms. The molecule has 0 spiro atoms. The molecule has 4 aromatic rings. The number of benzene rings is 1. The lowest BCUT2D eigenvalue weighted by atomic mass is 10.2. The van der Waals surface area contributed by atoms with Gasteiger partial charge in [-0.25, -0.2) is 14.4 Å². The molecule has 0 atom stereocenters. The number of hydrogen-bond acceptors (Lipinski definition) is 6. The number of nitrogens with zero attached hydrogens (tertiary/aromatic N) is 3. The first-order valence-corrected chi connectivity index (χ1v) is 11.7. The lowest BCUT2D eigenvalue weighted by molar-refractivity contribution is -0.113. The van der Waals surface area contributed by atoms with E-state index in [1.807, 2.05) is 19.9 Å². The van der Waals surface area contributed by atoms with Gasteiger partial charge in [-0.2, -0.15) is 0 Å². The average Bonchev–Trinajstić information content (AvgIpc) is 3.09. The maximum atomic E-state index is 14.0. The van der Waals surface area contributed by atoms with Crippen LogP contribution in [0.2, 0.25) is 5.02 Å². The van der Waals surface area contributed by atoms with E-state index in [4.69, 9.17) is 16.6 Å². The van der Waals surface area contributed by atoms with E-state index in [-0.39, 0.29) is 27.9 Å². The molecule has 0 aliphatic rings. The Morgan fingerprint density at radius 1 is 1.35 bits per heavy atom. The second-order valence-electron chi connectivity index (χ2n) is 7.30. The van der Waals surface area contributed by atoms with E-state index in [1.54, 1.807) is 16.8 Å². The van der Waals surface area contributed by atoms with Crippen LogP contribution in [0.5, 0.6) is 0 Å². The van der Waals surface area contributed by atoms with Crippen molar-refractivity contribution < 1.29 is 9.18 Å². The van der Waals surface area contributed by atoms with Crippen molar-refractivity contribution in [2.75, 3.05) is 11.1 Å². The molecule has 0 unspecified atom stereocenters. The molecule has 3 heterocycles. The molecule has 6 nitrogen and oxygen atoms in total. The normalized spacial score (nSPS) is 11.5. The lowest BCUT2D eigenvalue weighted by Gasteiger charge is -2.14. The summed E-state index contributed by atoms with van der Waals surface area (Å²) in [6.07, 6.45) is 1.68. The summed E-state index contributed by atoms with van der Waals surface area (Å²) in [5.41, 5.74) is 0.492. The van der Waals surface area contributed by atoms with E-state index >= 15 is 0 Å². The van der Waals surface area contributed by atoms with Crippen LogP contribution in [0.25, 0.3) is 20.4 Å². The highest BCUT2D eigenvalue weighted by Gasteiger charge is 2.18. The number of carbonyl (C=O) groups excluding carboxylic acids is 1. The fourth-order valence-corrected chi connectivity index (χ4v) is 5.08. The summed E-state index contributed by atoms with van der Waals surface area (Å²) in [5.74, 6) is -0.841. The third kappa shape index (κ3) is 4.58. The Hall–Kier alpha value is -2.49. The number of amides is 1. The van der Waals surface area contributed by atoms with Crippen molar-refractivity contribution in [1.82, 2.24) is 14.5 Å². The smallest absolute Gasteiger partial charge is 0.272 e. The first-order chi connectivity index (χ1) is 14.8. The Labute approximate surface area is 190 Å². The molecule has 0 aliphatic heterocycles. The zero-order valence-corrected chi connectivity index (χ0v) is 19.1. The fraction of sp³-hybridized carbons (Fsp3) is 0.238. The van der Waals surface area contributed by atoms with Crippen LogP contribution in [0, 0.1) is 11.7 Å². The van der Waals surface area contributed by atoms with E-state index in [0.29, 0.717) is 21.9 Å². The lowest BCUT2D eigenvalue weighted by Crippen LogP contribution is -2.25. The molecule has 0 bridgehead atoms. The van der Waals surface area contributed by atoms with Crippen molar-refractivity contribution in [3.8, 4) is 0 Å². The maximum absolute atomic E-state index is 14.0. The average molecular weight is 477 g/mol. The number of halogens is 2. The van der Waals surface area contributed by atoms with Gasteiger partial charge in [-0.3, -0.25) is 14.2 Å². The molecular weight excluding hydrogens is 459 g/mol. The molecule has 1 aromatic carbocycles. The van der Waals surface area contributed by atoms with Crippen molar-refractivity contribution in [2.24, 2.45) is 5.92 Å². The molecule has 0 saturated heterocycles. The number of thioether (sulfide) groups is 1. The van der Waals surface area contributed by atoms with Crippen molar-refractivity contribution >= 4 is 66.7 Å². The van der Waals surface area contributed by atoms with Crippen molar-refractivity contribution in [3.05, 3.63) is 57.7 Å². The number of fused-ring (bicyclic) bond motifs is 3. The highest BCUT2D eigenvalue weighted by atomic mass is 35.5. The molecule has 160 valence electrons. The van der Waals surface area contributed by atoms with Crippen molar-refractivity contribution in [3.63, 3.8) is 0 Å². The highest BCUT2D eigenvalue weighted by molar-refractivity contribution is 7.99. The molecule has 1 amide bonds. The minimum absolute atomic E-state index is 0.0293.